The molecule has 0 radical (unpaired) electrons. The highest BCUT2D eigenvalue weighted by molar-refractivity contribution is 5.98. The van der Waals surface area contributed by atoms with E-state index in [1.54, 1.807) is 17.0 Å². The van der Waals surface area contributed by atoms with Gasteiger partial charge in [-0.15, -0.1) is 0 Å². The molecular formula is C14H19NO5. The molecule has 0 aromatic heterocycles. The van der Waals surface area contributed by atoms with Gasteiger partial charge in [-0.25, -0.2) is 0 Å². The first kappa shape index (κ1) is 14.5. The van der Waals surface area contributed by atoms with Crippen LogP contribution in [0.5, 0.6) is 17.2 Å². The van der Waals surface area contributed by atoms with Crippen LogP contribution in [0.2, 0.25) is 0 Å². The molecule has 1 aliphatic heterocycles. The highest BCUT2D eigenvalue weighted by Crippen LogP contribution is 2.40. The molecule has 0 spiro atoms. The topological polar surface area (TPSA) is 68.2 Å². The Balaban J connectivity index is 2.30. The number of nitrogens with zero attached hydrogens (tertiary/aromatic N) is 1. The van der Waals surface area contributed by atoms with E-state index < -0.39 is 0 Å². The number of carbonyl (C=O) groups excluding carboxylic acids is 1. The van der Waals surface area contributed by atoms with Crippen molar-refractivity contribution < 1.29 is 24.1 Å². The van der Waals surface area contributed by atoms with E-state index >= 15 is 0 Å². The third-order valence-electron chi connectivity index (χ3n) is 3.44. The maximum absolute atomic E-state index is 12.4. The number of hydrogen-bond acceptors (Lipinski definition) is 5. The molecule has 6 heteroatoms. The molecule has 1 heterocycles. The number of carbonyl (C=O) groups is 1. The zero-order valence-corrected chi connectivity index (χ0v) is 11.9. The first-order valence-corrected chi connectivity index (χ1v) is 6.35. The van der Waals surface area contributed by atoms with Crippen molar-refractivity contribution in [3.05, 3.63) is 17.7 Å². The predicted octanol–water partition coefficient (Wildman–Crippen LogP) is 0.777. The minimum absolute atomic E-state index is 0.104. The SMILES string of the molecule is COc1ccc(C(=O)N2CC(CO)C2)c(OC)c1OC. The van der Waals surface area contributed by atoms with Crippen molar-refractivity contribution in [3.63, 3.8) is 0 Å². The molecule has 0 saturated carbocycles. The van der Waals surface area contributed by atoms with Crippen LogP contribution in [-0.4, -0.2) is 56.9 Å². The predicted molar refractivity (Wildman–Crippen MR) is 72.6 cm³/mol. The van der Waals surface area contributed by atoms with Crippen LogP contribution in [0, 0.1) is 5.92 Å². The number of likely N-dealkylation sites (tertiary alicyclic amines) is 1. The third-order valence-corrected chi connectivity index (χ3v) is 3.44. The van der Waals surface area contributed by atoms with Crippen molar-refractivity contribution in [2.24, 2.45) is 5.92 Å². The van der Waals surface area contributed by atoms with E-state index in [2.05, 4.69) is 0 Å². The summed E-state index contributed by atoms with van der Waals surface area (Å²) >= 11 is 0. The fourth-order valence-electron chi connectivity index (χ4n) is 2.29. The molecule has 110 valence electrons. The summed E-state index contributed by atoms with van der Waals surface area (Å²) < 4.78 is 15.7. The molecular weight excluding hydrogens is 262 g/mol. The van der Waals surface area contributed by atoms with Gasteiger partial charge >= 0.3 is 0 Å². The molecule has 1 aromatic rings. The molecule has 1 saturated heterocycles. The molecule has 1 fully saturated rings. The molecule has 1 amide bonds. The number of amides is 1. The Labute approximate surface area is 117 Å². The van der Waals surface area contributed by atoms with Gasteiger partial charge in [0.1, 0.15) is 0 Å². The molecule has 1 aromatic carbocycles. The fourth-order valence-corrected chi connectivity index (χ4v) is 2.29. The van der Waals surface area contributed by atoms with Gasteiger partial charge in [0.05, 0.1) is 26.9 Å². The number of benzene rings is 1. The van der Waals surface area contributed by atoms with Gasteiger partial charge in [-0.1, -0.05) is 0 Å². The molecule has 0 bridgehead atoms. The number of aliphatic hydroxyl groups excluding tert-OH is 1. The summed E-state index contributed by atoms with van der Waals surface area (Å²) in [6.07, 6.45) is 0. The number of hydrogen-bond donors (Lipinski definition) is 1. The zero-order valence-electron chi connectivity index (χ0n) is 11.9. The normalized spacial score (nSPS) is 14.7. The second-order valence-corrected chi connectivity index (χ2v) is 4.64. The van der Waals surface area contributed by atoms with Crippen LogP contribution in [0.3, 0.4) is 0 Å². The minimum Gasteiger partial charge on any atom is -0.493 e. The molecule has 1 N–H and O–H groups in total. The Morgan fingerprint density at radius 3 is 2.35 bits per heavy atom. The van der Waals surface area contributed by atoms with Gasteiger partial charge in [0, 0.05) is 25.6 Å². The maximum atomic E-state index is 12.4. The van der Waals surface area contributed by atoms with Crippen molar-refractivity contribution in [2.45, 2.75) is 0 Å². The number of aliphatic hydroxyl groups is 1. The summed E-state index contributed by atoms with van der Waals surface area (Å²) in [4.78, 5) is 14.1. The maximum Gasteiger partial charge on any atom is 0.257 e. The van der Waals surface area contributed by atoms with Crippen LogP contribution in [0.15, 0.2) is 12.1 Å². The number of methoxy groups -OCH3 is 3. The van der Waals surface area contributed by atoms with E-state index in [4.69, 9.17) is 19.3 Å². The van der Waals surface area contributed by atoms with Crippen molar-refractivity contribution in [2.75, 3.05) is 41.0 Å². The summed E-state index contributed by atoms with van der Waals surface area (Å²) in [6.45, 7) is 1.23. The van der Waals surface area contributed by atoms with Crippen LogP contribution in [0.4, 0.5) is 0 Å². The van der Waals surface area contributed by atoms with Gasteiger partial charge in [0.15, 0.2) is 11.5 Å². The lowest BCUT2D eigenvalue weighted by Crippen LogP contribution is -2.51. The van der Waals surface area contributed by atoms with Gasteiger partial charge in [-0.2, -0.15) is 0 Å². The smallest absolute Gasteiger partial charge is 0.257 e. The number of ether oxygens (including phenoxy) is 3. The van der Waals surface area contributed by atoms with Crippen molar-refractivity contribution in [3.8, 4) is 17.2 Å². The molecule has 6 nitrogen and oxygen atoms in total. The minimum atomic E-state index is -0.132. The van der Waals surface area contributed by atoms with Crippen LogP contribution in [0.1, 0.15) is 10.4 Å². The lowest BCUT2D eigenvalue weighted by molar-refractivity contribution is 0.0358. The van der Waals surface area contributed by atoms with Crippen molar-refractivity contribution in [1.29, 1.82) is 0 Å². The second-order valence-electron chi connectivity index (χ2n) is 4.64. The fraction of sp³-hybridized carbons (Fsp3) is 0.500. The van der Waals surface area contributed by atoms with Crippen LogP contribution in [-0.2, 0) is 0 Å². The van der Waals surface area contributed by atoms with E-state index in [-0.39, 0.29) is 18.4 Å². The van der Waals surface area contributed by atoms with Gasteiger partial charge in [0.2, 0.25) is 5.75 Å². The Kier molecular flexibility index (Phi) is 4.34. The standard InChI is InChI=1S/C14H19NO5/c1-18-11-5-4-10(12(19-2)13(11)20-3)14(17)15-6-9(7-15)8-16/h4-5,9,16H,6-8H2,1-3H3. The van der Waals surface area contributed by atoms with E-state index in [9.17, 15) is 4.79 Å². The largest absolute Gasteiger partial charge is 0.493 e. The zero-order chi connectivity index (χ0) is 14.7. The quantitative estimate of drug-likeness (QED) is 0.863. The summed E-state index contributed by atoms with van der Waals surface area (Å²) in [5.41, 5.74) is 0.432. The average Bonchev–Trinajstić information content (AvgIpc) is 2.43. The van der Waals surface area contributed by atoms with E-state index in [0.29, 0.717) is 35.9 Å². The Morgan fingerprint density at radius 1 is 1.20 bits per heavy atom. The monoisotopic (exact) mass is 281 g/mol. The molecule has 0 aliphatic carbocycles. The summed E-state index contributed by atoms with van der Waals surface area (Å²) in [7, 11) is 4.51. The molecule has 2 rings (SSSR count). The molecule has 20 heavy (non-hydrogen) atoms. The Hall–Kier alpha value is -1.95. The average molecular weight is 281 g/mol. The highest BCUT2D eigenvalue weighted by Gasteiger charge is 2.33. The second kappa shape index (κ2) is 6.00. The van der Waals surface area contributed by atoms with Gasteiger partial charge in [-0.3, -0.25) is 4.79 Å². The van der Waals surface area contributed by atoms with Crippen LogP contribution in [0.25, 0.3) is 0 Å². The first-order valence-electron chi connectivity index (χ1n) is 6.35. The van der Waals surface area contributed by atoms with Gasteiger partial charge < -0.3 is 24.2 Å². The van der Waals surface area contributed by atoms with Gasteiger partial charge in [0.25, 0.3) is 5.91 Å². The van der Waals surface area contributed by atoms with Crippen molar-refractivity contribution in [1.82, 2.24) is 4.90 Å². The molecule has 1 aliphatic rings. The van der Waals surface area contributed by atoms with Crippen LogP contribution >= 0.6 is 0 Å². The van der Waals surface area contributed by atoms with E-state index in [0.717, 1.165) is 0 Å². The summed E-state index contributed by atoms with van der Waals surface area (Å²) in [5.74, 6) is 1.32. The third kappa shape index (κ3) is 2.38. The molecule has 0 unspecified atom stereocenters. The lowest BCUT2D eigenvalue weighted by atomic mass is 9.99. The first-order chi connectivity index (χ1) is 9.65. The Bertz CT molecular complexity index is 497. The summed E-state index contributed by atoms with van der Waals surface area (Å²) in [6, 6.07) is 3.34. The van der Waals surface area contributed by atoms with E-state index in [1.807, 2.05) is 0 Å². The van der Waals surface area contributed by atoms with Crippen molar-refractivity contribution >= 4 is 5.91 Å². The summed E-state index contributed by atoms with van der Waals surface area (Å²) in [5, 5.41) is 9.01. The van der Waals surface area contributed by atoms with E-state index in [1.165, 1.54) is 21.3 Å². The number of rotatable bonds is 5. The van der Waals surface area contributed by atoms with Gasteiger partial charge in [-0.05, 0) is 12.1 Å². The highest BCUT2D eigenvalue weighted by atomic mass is 16.5. The molecule has 0 atom stereocenters. The van der Waals surface area contributed by atoms with Crippen LogP contribution < -0.4 is 14.2 Å². The Morgan fingerprint density at radius 2 is 1.85 bits per heavy atom. The lowest BCUT2D eigenvalue weighted by Gasteiger charge is -2.38.